The molecule has 2 rings (SSSR count). The van der Waals surface area contributed by atoms with E-state index in [0.717, 1.165) is 43.6 Å². The number of ether oxygens (including phenoxy) is 1. The molecule has 0 unspecified atom stereocenters. The average Bonchev–Trinajstić information content (AvgIpc) is 2.48. The largest absolute Gasteiger partial charge is 0.384 e. The van der Waals surface area contributed by atoms with Gasteiger partial charge in [-0.3, -0.25) is 9.89 Å². The number of thioether (sulfide) groups is 1. The van der Waals surface area contributed by atoms with Crippen molar-refractivity contribution >= 4 is 30.1 Å². The molecule has 1 fully saturated rings. The molecular formula is C15H23N5OS. The van der Waals surface area contributed by atoms with Crippen molar-refractivity contribution in [3.63, 3.8) is 0 Å². The number of anilines is 2. The van der Waals surface area contributed by atoms with Crippen molar-refractivity contribution in [1.29, 1.82) is 0 Å². The average molecular weight is 321 g/mol. The molecule has 0 aliphatic carbocycles. The highest BCUT2D eigenvalue weighted by Crippen LogP contribution is 2.18. The number of allylic oxidation sites excluding steroid dienone is 1. The van der Waals surface area contributed by atoms with Gasteiger partial charge in [0.2, 0.25) is 0 Å². The molecule has 0 amide bonds. The van der Waals surface area contributed by atoms with Gasteiger partial charge in [0.05, 0.1) is 19.1 Å². The summed E-state index contributed by atoms with van der Waals surface area (Å²) >= 11 is 1.65. The fraction of sp³-hybridized carbons (Fsp3) is 0.467. The van der Waals surface area contributed by atoms with Crippen LogP contribution in [0.1, 0.15) is 12.5 Å². The van der Waals surface area contributed by atoms with E-state index in [1.165, 1.54) is 5.56 Å². The van der Waals surface area contributed by atoms with Crippen molar-refractivity contribution in [3.05, 3.63) is 28.8 Å². The predicted octanol–water partition coefficient (Wildman–Crippen LogP) is 2.16. The highest BCUT2D eigenvalue weighted by atomic mass is 32.2. The van der Waals surface area contributed by atoms with E-state index in [1.54, 1.807) is 18.0 Å². The lowest BCUT2D eigenvalue weighted by molar-refractivity contribution is 0.0342. The number of pyridine rings is 1. The highest BCUT2D eigenvalue weighted by Gasteiger charge is 2.11. The van der Waals surface area contributed by atoms with Gasteiger partial charge in [-0.15, -0.1) is 11.8 Å². The fourth-order valence-electron chi connectivity index (χ4n) is 2.20. The fourth-order valence-corrected chi connectivity index (χ4v) is 2.80. The van der Waals surface area contributed by atoms with Crippen molar-refractivity contribution in [3.8, 4) is 0 Å². The van der Waals surface area contributed by atoms with Crippen LogP contribution in [-0.2, 0) is 11.3 Å². The van der Waals surface area contributed by atoms with Gasteiger partial charge in [0.15, 0.2) is 0 Å². The number of nitrogens with two attached hydrogens (primary N) is 1. The predicted molar refractivity (Wildman–Crippen MR) is 94.1 cm³/mol. The van der Waals surface area contributed by atoms with Crippen molar-refractivity contribution in [2.45, 2.75) is 13.5 Å². The maximum Gasteiger partial charge on any atom is 0.129 e. The molecule has 3 N–H and O–H groups in total. The van der Waals surface area contributed by atoms with E-state index in [2.05, 4.69) is 33.0 Å². The zero-order valence-electron chi connectivity index (χ0n) is 12.9. The Morgan fingerprint density at radius 1 is 1.55 bits per heavy atom. The second kappa shape index (κ2) is 8.77. The molecule has 120 valence electrons. The van der Waals surface area contributed by atoms with Crippen LogP contribution in [0.5, 0.6) is 0 Å². The molecular weight excluding hydrogens is 298 g/mol. The number of rotatable bonds is 7. The first kappa shape index (κ1) is 16.8. The van der Waals surface area contributed by atoms with Gasteiger partial charge < -0.3 is 15.8 Å². The summed E-state index contributed by atoms with van der Waals surface area (Å²) in [6.07, 6.45) is 1.74. The molecule has 1 aromatic rings. The van der Waals surface area contributed by atoms with E-state index >= 15 is 0 Å². The lowest BCUT2D eigenvalue weighted by atomic mass is 10.2. The van der Waals surface area contributed by atoms with Crippen molar-refractivity contribution < 1.29 is 4.74 Å². The van der Waals surface area contributed by atoms with Crippen molar-refractivity contribution in [2.75, 3.05) is 43.2 Å². The van der Waals surface area contributed by atoms with Gasteiger partial charge >= 0.3 is 0 Å². The lowest BCUT2D eigenvalue weighted by Crippen LogP contribution is -2.35. The molecule has 1 aliphatic heterocycles. The first-order valence-electron chi connectivity index (χ1n) is 7.23. The van der Waals surface area contributed by atoms with Gasteiger partial charge in [-0.25, -0.2) is 4.98 Å². The van der Waals surface area contributed by atoms with E-state index in [-0.39, 0.29) is 0 Å². The van der Waals surface area contributed by atoms with Gasteiger partial charge in [-0.05, 0) is 31.3 Å². The highest BCUT2D eigenvalue weighted by molar-refractivity contribution is 8.03. The molecule has 0 radical (unpaired) electrons. The van der Waals surface area contributed by atoms with E-state index in [9.17, 15) is 0 Å². The molecule has 1 saturated heterocycles. The maximum atomic E-state index is 5.91. The van der Waals surface area contributed by atoms with E-state index in [0.29, 0.717) is 11.7 Å². The second-order valence-electron chi connectivity index (χ2n) is 5.06. The zero-order chi connectivity index (χ0) is 15.8. The molecule has 6 nitrogen and oxygen atoms in total. The molecule has 7 heteroatoms. The van der Waals surface area contributed by atoms with Gasteiger partial charge in [-0.2, -0.15) is 0 Å². The summed E-state index contributed by atoms with van der Waals surface area (Å²) in [5.74, 6) is 2.05. The first-order valence-corrected chi connectivity index (χ1v) is 8.22. The lowest BCUT2D eigenvalue weighted by Gasteiger charge is -2.26. The van der Waals surface area contributed by atoms with Crippen LogP contribution in [0, 0.1) is 0 Å². The first-order chi connectivity index (χ1) is 10.7. The third kappa shape index (κ3) is 5.67. The van der Waals surface area contributed by atoms with Crippen LogP contribution in [0.2, 0.25) is 0 Å². The molecule has 0 aromatic carbocycles. The quantitative estimate of drug-likeness (QED) is 0.592. The molecule has 1 aliphatic rings. The van der Waals surface area contributed by atoms with Gasteiger partial charge in [0, 0.05) is 30.7 Å². The SMILES string of the molecule is C=N/C=C(/C)SCNc1cc(CN2CCOCC2)cc(N)n1. The Morgan fingerprint density at radius 3 is 3.05 bits per heavy atom. The van der Waals surface area contributed by atoms with Crippen LogP contribution < -0.4 is 11.1 Å². The molecule has 2 heterocycles. The Balaban J connectivity index is 1.91. The third-order valence-electron chi connectivity index (χ3n) is 3.24. The molecule has 1 aromatic heterocycles. The Kier molecular flexibility index (Phi) is 6.70. The third-order valence-corrected chi connectivity index (χ3v) is 4.09. The van der Waals surface area contributed by atoms with Crippen LogP contribution >= 0.6 is 11.8 Å². The Morgan fingerprint density at radius 2 is 2.32 bits per heavy atom. The van der Waals surface area contributed by atoms with Gasteiger partial charge in [0.25, 0.3) is 0 Å². The smallest absolute Gasteiger partial charge is 0.129 e. The number of hydrogen-bond donors (Lipinski definition) is 2. The number of morpholine rings is 1. The standard InChI is InChI=1S/C15H23N5OS/c1-12(9-17-2)22-11-18-15-8-13(7-14(16)19-15)10-20-3-5-21-6-4-20/h7-9H,2-6,10-11H2,1H3,(H3,16,18,19)/b12-9-. The van der Waals surface area contributed by atoms with Crippen molar-refractivity contribution in [1.82, 2.24) is 9.88 Å². The minimum Gasteiger partial charge on any atom is -0.384 e. The minimum absolute atomic E-state index is 0.540. The minimum atomic E-state index is 0.540. The number of aromatic nitrogens is 1. The second-order valence-corrected chi connectivity index (χ2v) is 6.28. The topological polar surface area (TPSA) is 75.8 Å². The summed E-state index contributed by atoms with van der Waals surface area (Å²) in [5.41, 5.74) is 7.08. The number of nitrogen functional groups attached to an aromatic ring is 1. The Hall–Kier alpha value is -1.57. The number of nitrogens with one attached hydrogen (secondary N) is 1. The summed E-state index contributed by atoms with van der Waals surface area (Å²) in [7, 11) is 0. The van der Waals surface area contributed by atoms with Crippen LogP contribution in [0.3, 0.4) is 0 Å². The molecule has 0 saturated carbocycles. The summed E-state index contributed by atoms with van der Waals surface area (Å²) < 4.78 is 5.37. The number of aliphatic imine (C=N–C) groups is 1. The van der Waals surface area contributed by atoms with E-state index in [4.69, 9.17) is 10.5 Å². The molecule has 22 heavy (non-hydrogen) atoms. The molecule has 0 bridgehead atoms. The van der Waals surface area contributed by atoms with E-state index < -0.39 is 0 Å². The van der Waals surface area contributed by atoms with Crippen LogP contribution in [-0.4, -0.2) is 48.8 Å². The van der Waals surface area contributed by atoms with Gasteiger partial charge in [0.1, 0.15) is 11.6 Å². The monoisotopic (exact) mass is 321 g/mol. The number of hydrogen-bond acceptors (Lipinski definition) is 7. The van der Waals surface area contributed by atoms with Crippen LogP contribution in [0.15, 0.2) is 28.2 Å². The summed E-state index contributed by atoms with van der Waals surface area (Å²) in [4.78, 5) is 11.5. The van der Waals surface area contributed by atoms with Crippen LogP contribution in [0.25, 0.3) is 0 Å². The normalized spacial score (nSPS) is 16.5. The molecule has 0 atom stereocenters. The maximum absolute atomic E-state index is 5.91. The Bertz CT molecular complexity index is 529. The van der Waals surface area contributed by atoms with E-state index in [1.807, 2.05) is 13.0 Å². The van der Waals surface area contributed by atoms with Crippen LogP contribution in [0.4, 0.5) is 11.6 Å². The molecule has 0 spiro atoms. The Labute approximate surface area is 135 Å². The summed E-state index contributed by atoms with van der Waals surface area (Å²) in [6, 6.07) is 3.98. The van der Waals surface area contributed by atoms with Gasteiger partial charge in [-0.1, -0.05) is 0 Å². The van der Waals surface area contributed by atoms with Crippen molar-refractivity contribution in [2.24, 2.45) is 4.99 Å². The number of nitrogens with zero attached hydrogens (tertiary/aromatic N) is 3. The summed E-state index contributed by atoms with van der Waals surface area (Å²) in [6.45, 7) is 9.82. The summed E-state index contributed by atoms with van der Waals surface area (Å²) in [5, 5.41) is 3.28. The zero-order valence-corrected chi connectivity index (χ0v) is 13.7.